The first-order chi connectivity index (χ1) is 8.84. The van der Waals surface area contributed by atoms with Crippen molar-refractivity contribution in [3.8, 4) is 11.8 Å². The van der Waals surface area contributed by atoms with Crippen LogP contribution in [0, 0.1) is 11.3 Å². The monoisotopic (exact) mass is 273 g/mol. The van der Waals surface area contributed by atoms with Gasteiger partial charge in [-0.25, -0.2) is 0 Å². The van der Waals surface area contributed by atoms with Gasteiger partial charge in [-0.15, -0.1) is 0 Å². The second-order valence-electron chi connectivity index (χ2n) is 3.67. The fraction of sp³-hybridized carbons (Fsp3) is 0.333. The zero-order chi connectivity index (χ0) is 14.5. The molecule has 0 bridgehead atoms. The summed E-state index contributed by atoms with van der Waals surface area (Å²) in [6.45, 7) is -0.138. The van der Waals surface area contributed by atoms with Crippen LogP contribution in [-0.4, -0.2) is 17.7 Å². The Hall–Kier alpha value is -2.23. The molecule has 1 N–H and O–H groups in total. The van der Waals surface area contributed by atoms with Gasteiger partial charge in [-0.3, -0.25) is 4.79 Å². The summed E-state index contributed by atoms with van der Waals surface area (Å²) in [5.41, 5.74) is -1.16. The SMILES string of the molecule is N#Cc1ccc(OCCCC(=O)O)c(C(F)(F)F)c1. The van der Waals surface area contributed by atoms with Crippen LogP contribution in [0.1, 0.15) is 24.0 Å². The van der Waals surface area contributed by atoms with Crippen molar-refractivity contribution in [3.05, 3.63) is 29.3 Å². The van der Waals surface area contributed by atoms with Gasteiger partial charge in [0.15, 0.2) is 0 Å². The number of nitriles is 1. The molecule has 0 atom stereocenters. The van der Waals surface area contributed by atoms with Crippen molar-refractivity contribution >= 4 is 5.97 Å². The summed E-state index contributed by atoms with van der Waals surface area (Å²) in [5.74, 6) is -1.45. The molecule has 19 heavy (non-hydrogen) atoms. The van der Waals surface area contributed by atoms with Gasteiger partial charge in [0, 0.05) is 6.42 Å². The number of aliphatic carboxylic acids is 1. The van der Waals surface area contributed by atoms with Gasteiger partial charge in [0.2, 0.25) is 0 Å². The van der Waals surface area contributed by atoms with E-state index in [2.05, 4.69) is 0 Å². The Morgan fingerprint density at radius 2 is 2.11 bits per heavy atom. The highest BCUT2D eigenvalue weighted by molar-refractivity contribution is 5.66. The maximum atomic E-state index is 12.7. The zero-order valence-electron chi connectivity index (χ0n) is 9.70. The zero-order valence-corrected chi connectivity index (χ0v) is 9.70. The first-order valence-corrected chi connectivity index (χ1v) is 5.30. The number of carboxylic acid groups (broad SMARTS) is 1. The van der Waals surface area contributed by atoms with E-state index in [1.807, 2.05) is 0 Å². The van der Waals surface area contributed by atoms with Crippen molar-refractivity contribution in [1.82, 2.24) is 0 Å². The Balaban J connectivity index is 2.83. The number of hydrogen-bond donors (Lipinski definition) is 1. The first kappa shape index (κ1) is 14.8. The highest BCUT2D eigenvalue weighted by atomic mass is 19.4. The van der Waals surface area contributed by atoms with Gasteiger partial charge >= 0.3 is 12.1 Å². The third-order valence-corrected chi connectivity index (χ3v) is 2.21. The van der Waals surface area contributed by atoms with Crippen LogP contribution < -0.4 is 4.74 Å². The van der Waals surface area contributed by atoms with E-state index in [-0.39, 0.29) is 25.0 Å². The van der Waals surface area contributed by atoms with Gasteiger partial charge in [-0.05, 0) is 24.6 Å². The van der Waals surface area contributed by atoms with Gasteiger partial charge in [0.1, 0.15) is 5.75 Å². The first-order valence-electron chi connectivity index (χ1n) is 5.30. The summed E-state index contributed by atoms with van der Waals surface area (Å²) in [7, 11) is 0. The molecule has 0 radical (unpaired) electrons. The Bertz CT molecular complexity index is 506. The van der Waals surface area contributed by atoms with Crippen molar-refractivity contribution in [2.45, 2.75) is 19.0 Å². The number of rotatable bonds is 5. The smallest absolute Gasteiger partial charge is 0.420 e. The van der Waals surface area contributed by atoms with Crippen LogP contribution in [0.15, 0.2) is 18.2 Å². The molecule has 1 aromatic carbocycles. The molecule has 0 fully saturated rings. The average Bonchev–Trinajstić information content (AvgIpc) is 2.33. The predicted octanol–water partition coefficient (Wildman–Crippen LogP) is 2.82. The number of benzene rings is 1. The Kier molecular flexibility index (Phi) is 4.75. The maximum absolute atomic E-state index is 12.7. The summed E-state index contributed by atoms with van der Waals surface area (Å²) in [6, 6.07) is 4.58. The number of carboxylic acids is 1. The van der Waals surface area contributed by atoms with E-state index in [0.717, 1.165) is 6.07 Å². The van der Waals surface area contributed by atoms with Gasteiger partial charge in [-0.1, -0.05) is 0 Å². The van der Waals surface area contributed by atoms with Crippen LogP contribution >= 0.6 is 0 Å². The number of ether oxygens (including phenoxy) is 1. The van der Waals surface area contributed by atoms with E-state index >= 15 is 0 Å². The molecule has 1 aromatic rings. The summed E-state index contributed by atoms with van der Waals surface area (Å²) in [5, 5.41) is 17.0. The summed E-state index contributed by atoms with van der Waals surface area (Å²) in [4.78, 5) is 10.2. The maximum Gasteiger partial charge on any atom is 0.420 e. The van der Waals surface area contributed by atoms with E-state index in [1.165, 1.54) is 6.07 Å². The van der Waals surface area contributed by atoms with Crippen LogP contribution in [0.4, 0.5) is 13.2 Å². The second kappa shape index (κ2) is 6.09. The number of hydrogen-bond acceptors (Lipinski definition) is 3. The highest BCUT2D eigenvalue weighted by Crippen LogP contribution is 2.36. The standard InChI is InChI=1S/C12H10F3NO3/c13-12(14,15)9-6-8(7-16)3-4-10(9)19-5-1-2-11(17)18/h3-4,6H,1-2,5H2,(H,17,18). The van der Waals surface area contributed by atoms with Gasteiger partial charge < -0.3 is 9.84 Å². The third kappa shape index (κ3) is 4.50. The van der Waals surface area contributed by atoms with Crippen molar-refractivity contribution in [3.63, 3.8) is 0 Å². The molecule has 0 aliphatic rings. The van der Waals surface area contributed by atoms with Crippen LogP contribution in [-0.2, 0) is 11.0 Å². The topological polar surface area (TPSA) is 70.3 Å². The lowest BCUT2D eigenvalue weighted by molar-refractivity contribution is -0.140. The van der Waals surface area contributed by atoms with Crippen molar-refractivity contribution in [2.24, 2.45) is 0 Å². The second-order valence-corrected chi connectivity index (χ2v) is 3.67. The molecule has 0 heterocycles. The molecule has 0 amide bonds. The molecular weight excluding hydrogens is 263 g/mol. The largest absolute Gasteiger partial charge is 0.493 e. The van der Waals surface area contributed by atoms with Crippen LogP contribution in [0.25, 0.3) is 0 Å². The van der Waals surface area contributed by atoms with Crippen LogP contribution in [0.3, 0.4) is 0 Å². The molecular formula is C12H10F3NO3. The highest BCUT2D eigenvalue weighted by Gasteiger charge is 2.34. The molecule has 0 aliphatic heterocycles. The van der Waals surface area contributed by atoms with Crippen molar-refractivity contribution < 1.29 is 27.8 Å². The molecule has 0 spiro atoms. The quantitative estimate of drug-likeness (QED) is 0.837. The fourth-order valence-electron chi connectivity index (χ4n) is 1.35. The van der Waals surface area contributed by atoms with Crippen LogP contribution in [0.2, 0.25) is 0 Å². The van der Waals surface area contributed by atoms with E-state index in [9.17, 15) is 18.0 Å². The Morgan fingerprint density at radius 1 is 1.42 bits per heavy atom. The van der Waals surface area contributed by atoms with Crippen molar-refractivity contribution in [1.29, 1.82) is 5.26 Å². The van der Waals surface area contributed by atoms with E-state index < -0.39 is 23.5 Å². The normalized spacial score (nSPS) is 10.8. The molecule has 1 rings (SSSR count). The summed E-state index contributed by atoms with van der Waals surface area (Å²) in [6.07, 6.45) is -4.71. The predicted molar refractivity (Wildman–Crippen MR) is 58.5 cm³/mol. The lowest BCUT2D eigenvalue weighted by Crippen LogP contribution is -2.10. The minimum absolute atomic E-state index is 0.104. The third-order valence-electron chi connectivity index (χ3n) is 2.21. The van der Waals surface area contributed by atoms with Crippen LogP contribution in [0.5, 0.6) is 5.75 Å². The molecule has 0 aromatic heterocycles. The molecule has 0 saturated carbocycles. The van der Waals surface area contributed by atoms with E-state index in [1.54, 1.807) is 6.07 Å². The lowest BCUT2D eigenvalue weighted by Gasteiger charge is -2.13. The molecule has 4 nitrogen and oxygen atoms in total. The van der Waals surface area contributed by atoms with Gasteiger partial charge in [0.25, 0.3) is 0 Å². The Morgan fingerprint density at radius 3 is 2.63 bits per heavy atom. The number of nitrogens with zero attached hydrogens (tertiary/aromatic N) is 1. The average molecular weight is 273 g/mol. The fourth-order valence-corrected chi connectivity index (χ4v) is 1.35. The molecule has 7 heteroatoms. The Labute approximate surface area is 107 Å². The lowest BCUT2D eigenvalue weighted by atomic mass is 10.1. The van der Waals surface area contributed by atoms with Gasteiger partial charge in [-0.2, -0.15) is 18.4 Å². The van der Waals surface area contributed by atoms with Gasteiger partial charge in [0.05, 0.1) is 23.8 Å². The minimum atomic E-state index is -4.63. The molecule has 0 aliphatic carbocycles. The van der Waals surface area contributed by atoms with Crippen molar-refractivity contribution in [2.75, 3.05) is 6.61 Å². The van der Waals surface area contributed by atoms with E-state index in [4.69, 9.17) is 15.1 Å². The number of halogens is 3. The molecule has 0 saturated heterocycles. The van der Waals surface area contributed by atoms with E-state index in [0.29, 0.717) is 6.07 Å². The molecule has 0 unspecified atom stereocenters. The molecule has 102 valence electrons. The summed E-state index contributed by atoms with van der Waals surface area (Å²) >= 11 is 0. The minimum Gasteiger partial charge on any atom is -0.493 e. The number of alkyl halides is 3. The summed E-state index contributed by atoms with van der Waals surface area (Å²) < 4.78 is 43.1. The number of carbonyl (C=O) groups is 1.